The Morgan fingerprint density at radius 2 is 1.82 bits per heavy atom. The maximum absolute atomic E-state index is 12.8. The lowest BCUT2D eigenvalue weighted by Gasteiger charge is -2.16. The quantitative estimate of drug-likeness (QED) is 0.231. The smallest absolute Gasteiger partial charge is 0.387 e. The van der Waals surface area contributed by atoms with E-state index in [9.17, 15) is 8.78 Å². The normalized spacial score (nSPS) is 11.2. The van der Waals surface area contributed by atoms with Gasteiger partial charge in [0, 0.05) is 19.2 Å². The molecule has 33 heavy (non-hydrogen) atoms. The molecule has 2 aromatic carbocycles. The molecule has 178 valence electrons. The molecule has 0 atom stereocenters. The Kier molecular flexibility index (Phi) is 10.3. The second-order valence-electron chi connectivity index (χ2n) is 6.93. The summed E-state index contributed by atoms with van der Waals surface area (Å²) < 4.78 is 37.4. The SMILES string of the molecule is COc1ccc(OC(F)F)c(CNC(=NCc2ccccc2)NCc2nnc(C)n2C)c1.I. The number of aromatic nitrogens is 3. The van der Waals surface area contributed by atoms with E-state index in [4.69, 9.17) is 4.74 Å². The van der Waals surface area contributed by atoms with Crippen molar-refractivity contribution in [1.82, 2.24) is 25.4 Å². The van der Waals surface area contributed by atoms with Crippen LogP contribution in [0.25, 0.3) is 0 Å². The molecule has 0 amide bonds. The van der Waals surface area contributed by atoms with E-state index in [-0.39, 0.29) is 36.3 Å². The first-order valence-corrected chi connectivity index (χ1v) is 9.99. The lowest BCUT2D eigenvalue weighted by molar-refractivity contribution is -0.0505. The van der Waals surface area contributed by atoms with Gasteiger partial charge >= 0.3 is 6.61 Å². The van der Waals surface area contributed by atoms with Crippen LogP contribution in [0.4, 0.5) is 8.78 Å². The van der Waals surface area contributed by atoms with Crippen molar-refractivity contribution < 1.29 is 18.3 Å². The Hall–Kier alpha value is -2.96. The molecule has 0 fully saturated rings. The number of benzene rings is 2. The number of alkyl halides is 2. The van der Waals surface area contributed by atoms with E-state index >= 15 is 0 Å². The van der Waals surface area contributed by atoms with E-state index in [0.717, 1.165) is 17.2 Å². The first kappa shape index (κ1) is 26.3. The molecule has 3 rings (SSSR count). The molecule has 2 N–H and O–H groups in total. The van der Waals surface area contributed by atoms with Gasteiger partial charge in [-0.3, -0.25) is 0 Å². The topological polar surface area (TPSA) is 85.6 Å². The maximum atomic E-state index is 12.8. The second-order valence-corrected chi connectivity index (χ2v) is 6.93. The molecule has 0 saturated carbocycles. The minimum atomic E-state index is -2.93. The van der Waals surface area contributed by atoms with E-state index in [0.29, 0.717) is 30.4 Å². The summed E-state index contributed by atoms with van der Waals surface area (Å²) in [5.74, 6) is 2.62. The zero-order valence-electron chi connectivity index (χ0n) is 18.6. The summed E-state index contributed by atoms with van der Waals surface area (Å²) in [7, 11) is 3.39. The lowest BCUT2D eigenvalue weighted by Crippen LogP contribution is -2.37. The van der Waals surface area contributed by atoms with Crippen molar-refractivity contribution in [2.24, 2.45) is 12.0 Å². The van der Waals surface area contributed by atoms with Crippen LogP contribution in [0.5, 0.6) is 11.5 Å². The fourth-order valence-corrected chi connectivity index (χ4v) is 2.91. The Bertz CT molecular complexity index is 1050. The van der Waals surface area contributed by atoms with E-state index in [1.807, 2.05) is 48.9 Å². The van der Waals surface area contributed by atoms with Crippen LogP contribution in [0.2, 0.25) is 0 Å². The van der Waals surface area contributed by atoms with Gasteiger partial charge in [0.2, 0.25) is 0 Å². The Balaban J connectivity index is 0.00000385. The molecule has 3 aromatic rings. The first-order valence-electron chi connectivity index (χ1n) is 9.99. The molecule has 0 radical (unpaired) electrons. The van der Waals surface area contributed by atoms with Crippen LogP contribution in [0.15, 0.2) is 53.5 Å². The summed E-state index contributed by atoms with van der Waals surface area (Å²) in [5, 5.41) is 14.6. The molecule has 0 saturated heterocycles. The van der Waals surface area contributed by atoms with E-state index in [1.165, 1.54) is 13.2 Å². The monoisotopic (exact) mass is 572 g/mol. The number of halogens is 3. The number of aryl methyl sites for hydroxylation is 1. The number of rotatable bonds is 9. The third-order valence-electron chi connectivity index (χ3n) is 4.79. The van der Waals surface area contributed by atoms with Gasteiger partial charge in [0.1, 0.15) is 17.3 Å². The largest absolute Gasteiger partial charge is 0.497 e. The number of hydrogen-bond donors (Lipinski definition) is 2. The van der Waals surface area contributed by atoms with Gasteiger partial charge in [-0.2, -0.15) is 8.78 Å². The molecule has 0 bridgehead atoms. The molecule has 0 aliphatic heterocycles. The second kappa shape index (κ2) is 12.9. The zero-order chi connectivity index (χ0) is 22.9. The van der Waals surface area contributed by atoms with E-state index in [1.54, 1.807) is 12.1 Å². The molecule has 1 heterocycles. The Labute approximate surface area is 208 Å². The number of hydrogen-bond acceptors (Lipinski definition) is 5. The van der Waals surface area contributed by atoms with Gasteiger partial charge in [0.15, 0.2) is 11.8 Å². The highest BCUT2D eigenvalue weighted by Crippen LogP contribution is 2.25. The Morgan fingerprint density at radius 1 is 1.09 bits per heavy atom. The van der Waals surface area contributed by atoms with Crippen molar-refractivity contribution >= 4 is 29.9 Å². The molecule has 0 unspecified atom stereocenters. The fourth-order valence-electron chi connectivity index (χ4n) is 2.91. The van der Waals surface area contributed by atoms with Gasteiger partial charge in [0.25, 0.3) is 0 Å². The zero-order valence-corrected chi connectivity index (χ0v) is 20.9. The highest BCUT2D eigenvalue weighted by atomic mass is 127. The number of ether oxygens (including phenoxy) is 2. The third kappa shape index (κ3) is 7.84. The van der Waals surface area contributed by atoms with Gasteiger partial charge in [0.05, 0.1) is 20.2 Å². The van der Waals surface area contributed by atoms with Crippen LogP contribution in [0, 0.1) is 6.92 Å². The van der Waals surface area contributed by atoms with Crippen molar-refractivity contribution in [2.45, 2.75) is 33.2 Å². The molecule has 11 heteroatoms. The minimum absolute atomic E-state index is 0. The van der Waals surface area contributed by atoms with Crippen LogP contribution < -0.4 is 20.1 Å². The first-order chi connectivity index (χ1) is 15.5. The molecule has 0 aliphatic carbocycles. The van der Waals surface area contributed by atoms with Gasteiger partial charge in [-0.05, 0) is 30.7 Å². The van der Waals surface area contributed by atoms with Crippen LogP contribution >= 0.6 is 24.0 Å². The Morgan fingerprint density at radius 3 is 2.45 bits per heavy atom. The van der Waals surface area contributed by atoms with Crippen molar-refractivity contribution in [3.63, 3.8) is 0 Å². The number of aliphatic imine (C=N–C) groups is 1. The number of nitrogens with zero attached hydrogens (tertiary/aromatic N) is 4. The highest BCUT2D eigenvalue weighted by molar-refractivity contribution is 14.0. The summed E-state index contributed by atoms with van der Waals surface area (Å²) in [6, 6.07) is 14.4. The van der Waals surface area contributed by atoms with Gasteiger partial charge in [-0.1, -0.05) is 30.3 Å². The summed E-state index contributed by atoms with van der Waals surface area (Å²) in [4.78, 5) is 4.61. The molecule has 1 aromatic heterocycles. The van der Waals surface area contributed by atoms with Crippen molar-refractivity contribution in [3.8, 4) is 11.5 Å². The third-order valence-corrected chi connectivity index (χ3v) is 4.79. The van der Waals surface area contributed by atoms with Gasteiger partial charge in [-0.25, -0.2) is 4.99 Å². The predicted octanol–water partition coefficient (Wildman–Crippen LogP) is 3.79. The standard InChI is InChI=1S/C22H26F2N6O2.HI/c1-15-28-29-20(30(15)2)14-27-22(25-12-16-7-5-4-6-8-16)26-13-17-11-18(31-3)9-10-19(17)32-21(23)24;/h4-11,21H,12-14H2,1-3H3,(H2,25,26,27);1H. The van der Waals surface area contributed by atoms with Crippen molar-refractivity contribution in [2.75, 3.05) is 7.11 Å². The van der Waals surface area contributed by atoms with Crippen LogP contribution in [-0.4, -0.2) is 34.4 Å². The number of methoxy groups -OCH3 is 1. The number of nitrogens with one attached hydrogen (secondary N) is 2. The summed E-state index contributed by atoms with van der Waals surface area (Å²) in [6.07, 6.45) is 0. The van der Waals surface area contributed by atoms with Gasteiger partial charge in [-0.15, -0.1) is 34.2 Å². The predicted molar refractivity (Wildman–Crippen MR) is 132 cm³/mol. The van der Waals surface area contributed by atoms with Crippen molar-refractivity contribution in [3.05, 3.63) is 71.3 Å². The van der Waals surface area contributed by atoms with E-state index in [2.05, 4.69) is 30.6 Å². The maximum Gasteiger partial charge on any atom is 0.387 e. The fraction of sp³-hybridized carbons (Fsp3) is 0.318. The summed E-state index contributed by atoms with van der Waals surface area (Å²) >= 11 is 0. The minimum Gasteiger partial charge on any atom is -0.497 e. The van der Waals surface area contributed by atoms with Crippen LogP contribution in [-0.2, 0) is 26.7 Å². The molecule has 0 aliphatic rings. The lowest BCUT2D eigenvalue weighted by atomic mass is 10.2. The molecular weight excluding hydrogens is 545 g/mol. The van der Waals surface area contributed by atoms with E-state index < -0.39 is 6.61 Å². The molecular formula is C22H27F2IN6O2. The average molecular weight is 572 g/mol. The number of guanidine groups is 1. The van der Waals surface area contributed by atoms with Crippen LogP contribution in [0.1, 0.15) is 22.8 Å². The van der Waals surface area contributed by atoms with Crippen LogP contribution in [0.3, 0.4) is 0 Å². The summed E-state index contributed by atoms with van der Waals surface area (Å²) in [6.45, 7) is -0.0432. The average Bonchev–Trinajstić information content (AvgIpc) is 3.12. The summed E-state index contributed by atoms with van der Waals surface area (Å²) in [5.41, 5.74) is 1.54. The van der Waals surface area contributed by atoms with Gasteiger partial charge < -0.3 is 24.7 Å². The highest BCUT2D eigenvalue weighted by Gasteiger charge is 2.12. The molecule has 8 nitrogen and oxygen atoms in total. The molecule has 0 spiro atoms. The van der Waals surface area contributed by atoms with Crippen molar-refractivity contribution in [1.29, 1.82) is 0 Å².